The van der Waals surface area contributed by atoms with E-state index in [4.69, 9.17) is 4.74 Å². The van der Waals surface area contributed by atoms with Crippen LogP contribution in [-0.2, 0) is 9.53 Å². The number of benzene rings is 1. The van der Waals surface area contributed by atoms with Crippen LogP contribution in [0.3, 0.4) is 0 Å². The van der Waals surface area contributed by atoms with Crippen molar-refractivity contribution in [2.45, 2.75) is 64.5 Å². The molecule has 0 bridgehead atoms. The number of carbonyl (C=O) groups excluding carboxylic acids is 2. The topological polar surface area (TPSA) is 102 Å². The molecule has 1 aromatic rings. The van der Waals surface area contributed by atoms with Crippen LogP contribution in [0.25, 0.3) is 0 Å². The van der Waals surface area contributed by atoms with Crippen molar-refractivity contribution in [3.05, 3.63) is 33.9 Å². The second-order valence-electron chi connectivity index (χ2n) is 8.08. The molecule has 1 amide bonds. The van der Waals surface area contributed by atoms with Crippen LogP contribution in [0.5, 0.6) is 0 Å². The minimum atomic E-state index is -0.964. The highest BCUT2D eigenvalue weighted by Crippen LogP contribution is 2.32. The minimum Gasteiger partial charge on any atom is -0.449 e. The minimum absolute atomic E-state index is 0.0744. The van der Waals surface area contributed by atoms with Crippen molar-refractivity contribution in [1.29, 1.82) is 0 Å². The molecule has 1 saturated heterocycles. The third-order valence-electron chi connectivity index (χ3n) is 5.95. The van der Waals surface area contributed by atoms with Gasteiger partial charge in [0.15, 0.2) is 6.10 Å². The first-order valence-corrected chi connectivity index (χ1v) is 10.4. The van der Waals surface area contributed by atoms with Crippen LogP contribution in [0.15, 0.2) is 18.2 Å². The molecule has 3 atom stereocenters. The lowest BCUT2D eigenvalue weighted by atomic mass is 9.86. The Morgan fingerprint density at radius 3 is 2.55 bits per heavy atom. The van der Waals surface area contributed by atoms with Crippen LogP contribution >= 0.6 is 0 Å². The lowest BCUT2D eigenvalue weighted by Crippen LogP contribution is -2.46. The van der Waals surface area contributed by atoms with Gasteiger partial charge >= 0.3 is 5.97 Å². The van der Waals surface area contributed by atoms with Gasteiger partial charge in [-0.25, -0.2) is 4.79 Å². The number of esters is 1. The van der Waals surface area contributed by atoms with Crippen molar-refractivity contribution >= 4 is 23.3 Å². The number of carbonyl (C=O) groups is 2. The number of ether oxygens (including phenoxy) is 1. The van der Waals surface area contributed by atoms with E-state index in [0.717, 1.165) is 45.2 Å². The zero-order valence-electron chi connectivity index (χ0n) is 17.1. The number of nitrogens with zero attached hydrogens (tertiary/aromatic N) is 2. The second-order valence-corrected chi connectivity index (χ2v) is 8.08. The smallest absolute Gasteiger partial charge is 0.339 e. The maximum absolute atomic E-state index is 12.5. The molecule has 0 spiro atoms. The van der Waals surface area contributed by atoms with Crippen LogP contribution < -0.4 is 10.2 Å². The fraction of sp³-hybridized carbons (Fsp3) is 0.619. The highest BCUT2D eigenvalue weighted by Gasteiger charge is 2.28. The fourth-order valence-electron chi connectivity index (χ4n) is 4.13. The molecule has 29 heavy (non-hydrogen) atoms. The summed E-state index contributed by atoms with van der Waals surface area (Å²) in [6, 6.07) is 4.45. The molecule has 0 radical (unpaired) electrons. The number of nitro groups is 1. The summed E-state index contributed by atoms with van der Waals surface area (Å²) in [5.74, 6) is -0.669. The molecule has 1 saturated carbocycles. The van der Waals surface area contributed by atoms with Crippen LogP contribution in [0.2, 0.25) is 0 Å². The first kappa shape index (κ1) is 21.1. The average Bonchev–Trinajstić information content (AvgIpc) is 3.23. The molecule has 8 heteroatoms. The molecule has 0 unspecified atom stereocenters. The van der Waals surface area contributed by atoms with Crippen molar-refractivity contribution in [3.63, 3.8) is 0 Å². The molecule has 8 nitrogen and oxygen atoms in total. The van der Waals surface area contributed by atoms with Gasteiger partial charge in [0.2, 0.25) is 0 Å². The Bertz CT molecular complexity index is 776. The van der Waals surface area contributed by atoms with Crippen molar-refractivity contribution in [2.24, 2.45) is 5.92 Å². The molecular weight excluding hydrogens is 374 g/mol. The van der Waals surface area contributed by atoms with E-state index in [2.05, 4.69) is 12.2 Å². The number of nitrogens with one attached hydrogen (secondary N) is 1. The SMILES string of the molecule is C[C@@H]1CCCC[C@@H]1NC(=O)[C@@H](C)OC(=O)c1ccc(N2CCCC2)c([N+](=O)[O-])c1. The Morgan fingerprint density at radius 1 is 1.21 bits per heavy atom. The van der Waals surface area contributed by atoms with Crippen LogP contribution in [0, 0.1) is 16.0 Å². The third-order valence-corrected chi connectivity index (χ3v) is 5.95. The average molecular weight is 403 g/mol. The normalized spacial score (nSPS) is 22.8. The number of rotatable bonds is 6. The summed E-state index contributed by atoms with van der Waals surface area (Å²) in [5.41, 5.74) is 0.473. The highest BCUT2D eigenvalue weighted by molar-refractivity contribution is 5.93. The summed E-state index contributed by atoms with van der Waals surface area (Å²) in [4.78, 5) is 37.9. The van der Waals surface area contributed by atoms with Gasteiger partial charge in [-0.15, -0.1) is 0 Å². The Hall–Kier alpha value is -2.64. The van der Waals surface area contributed by atoms with E-state index in [-0.39, 0.29) is 23.2 Å². The summed E-state index contributed by atoms with van der Waals surface area (Å²) in [6.45, 7) is 5.17. The molecule has 2 fully saturated rings. The number of hydrogen-bond donors (Lipinski definition) is 1. The van der Waals surface area contributed by atoms with E-state index in [0.29, 0.717) is 11.6 Å². The van der Waals surface area contributed by atoms with E-state index >= 15 is 0 Å². The van der Waals surface area contributed by atoms with E-state index in [1.807, 2.05) is 4.90 Å². The summed E-state index contributed by atoms with van der Waals surface area (Å²) in [7, 11) is 0. The van der Waals surface area contributed by atoms with E-state index in [1.165, 1.54) is 25.5 Å². The van der Waals surface area contributed by atoms with E-state index in [9.17, 15) is 19.7 Å². The van der Waals surface area contributed by atoms with Gasteiger partial charge in [-0.05, 0) is 50.7 Å². The molecule has 1 aliphatic heterocycles. The van der Waals surface area contributed by atoms with Gasteiger partial charge in [0.1, 0.15) is 5.69 Å². The lowest BCUT2D eigenvalue weighted by molar-refractivity contribution is -0.384. The van der Waals surface area contributed by atoms with E-state index < -0.39 is 17.0 Å². The van der Waals surface area contributed by atoms with Crippen molar-refractivity contribution in [2.75, 3.05) is 18.0 Å². The van der Waals surface area contributed by atoms with Gasteiger partial charge in [-0.1, -0.05) is 19.8 Å². The molecule has 0 aromatic heterocycles. The first-order chi connectivity index (χ1) is 13.9. The Kier molecular flexibility index (Phi) is 6.71. The van der Waals surface area contributed by atoms with Crippen LogP contribution in [0.1, 0.15) is 62.7 Å². The maximum atomic E-state index is 12.5. The monoisotopic (exact) mass is 403 g/mol. The maximum Gasteiger partial charge on any atom is 0.339 e. The zero-order chi connectivity index (χ0) is 21.0. The number of nitro benzene ring substituents is 1. The van der Waals surface area contributed by atoms with Gasteiger partial charge in [-0.2, -0.15) is 0 Å². The molecule has 158 valence electrons. The van der Waals surface area contributed by atoms with Crippen LogP contribution in [0.4, 0.5) is 11.4 Å². The lowest BCUT2D eigenvalue weighted by Gasteiger charge is -2.30. The third kappa shape index (κ3) is 5.05. The summed E-state index contributed by atoms with van der Waals surface area (Å²) >= 11 is 0. The van der Waals surface area contributed by atoms with Gasteiger partial charge in [0, 0.05) is 25.2 Å². The Morgan fingerprint density at radius 2 is 1.90 bits per heavy atom. The predicted molar refractivity (Wildman–Crippen MR) is 109 cm³/mol. The molecule has 1 heterocycles. The molecule has 1 N–H and O–H groups in total. The quantitative estimate of drug-likeness (QED) is 0.443. The van der Waals surface area contributed by atoms with Gasteiger partial charge in [0.05, 0.1) is 10.5 Å². The van der Waals surface area contributed by atoms with Crippen LogP contribution in [-0.4, -0.2) is 42.0 Å². The zero-order valence-corrected chi connectivity index (χ0v) is 17.1. The number of hydrogen-bond acceptors (Lipinski definition) is 6. The van der Waals surface area contributed by atoms with E-state index in [1.54, 1.807) is 6.07 Å². The predicted octanol–water partition coefficient (Wildman–Crippen LogP) is 3.44. The van der Waals surface area contributed by atoms with Gasteiger partial charge in [0.25, 0.3) is 11.6 Å². The Balaban J connectivity index is 1.65. The molecule has 1 aromatic carbocycles. The number of amides is 1. The first-order valence-electron chi connectivity index (χ1n) is 10.4. The van der Waals surface area contributed by atoms with Crippen molar-refractivity contribution in [1.82, 2.24) is 5.32 Å². The van der Waals surface area contributed by atoms with Gasteiger partial charge in [-0.3, -0.25) is 14.9 Å². The van der Waals surface area contributed by atoms with Crippen molar-refractivity contribution in [3.8, 4) is 0 Å². The van der Waals surface area contributed by atoms with Crippen molar-refractivity contribution < 1.29 is 19.2 Å². The Labute approximate surface area is 170 Å². The molecular formula is C21H29N3O5. The second kappa shape index (κ2) is 9.24. The molecule has 3 rings (SSSR count). The fourth-order valence-corrected chi connectivity index (χ4v) is 4.13. The summed E-state index contributed by atoms with van der Waals surface area (Å²) in [6.07, 6.45) is 5.28. The summed E-state index contributed by atoms with van der Waals surface area (Å²) < 4.78 is 5.29. The highest BCUT2D eigenvalue weighted by atomic mass is 16.6. The largest absolute Gasteiger partial charge is 0.449 e. The number of anilines is 1. The molecule has 1 aliphatic carbocycles. The molecule has 2 aliphatic rings. The van der Waals surface area contributed by atoms with Gasteiger partial charge < -0.3 is 15.0 Å². The summed E-state index contributed by atoms with van der Waals surface area (Å²) in [5, 5.41) is 14.5. The standard InChI is InChI=1S/C21H29N3O5/c1-14-7-3-4-8-17(14)22-20(25)15(2)29-21(26)16-9-10-18(19(13-16)24(27)28)23-11-5-6-12-23/h9-10,13-15,17H,3-8,11-12H2,1-2H3,(H,22,25)/t14-,15-,17+/m1/s1.